The second-order valence-electron chi connectivity index (χ2n) is 5.29. The number of carbonyl (C=O) groups is 1. The summed E-state index contributed by atoms with van der Waals surface area (Å²) in [5, 5.41) is 0. The molecule has 3 nitrogen and oxygen atoms in total. The van der Waals surface area contributed by atoms with E-state index in [1.807, 2.05) is 11.9 Å². The van der Waals surface area contributed by atoms with Gasteiger partial charge in [0.25, 0.3) is 0 Å². The summed E-state index contributed by atoms with van der Waals surface area (Å²) >= 11 is 1.60. The number of methoxy groups -OCH3 is 1. The first-order valence-electron chi connectivity index (χ1n) is 6.95. The van der Waals surface area contributed by atoms with Crippen LogP contribution < -0.4 is 4.90 Å². The molecule has 0 spiro atoms. The molecule has 0 N–H and O–H groups in total. The molecular formula is C18H17NO2S. The minimum absolute atomic E-state index is 0.326. The zero-order chi connectivity index (χ0) is 15.9. The van der Waals surface area contributed by atoms with Crippen LogP contribution in [0.3, 0.4) is 0 Å². The largest absolute Gasteiger partial charge is 0.465 e. The average molecular weight is 311 g/mol. The van der Waals surface area contributed by atoms with Crippen LogP contribution in [-0.2, 0) is 9.53 Å². The summed E-state index contributed by atoms with van der Waals surface area (Å²) in [5.41, 5.74) is 4.72. The fourth-order valence-electron chi connectivity index (χ4n) is 2.43. The number of aryl methyl sites for hydroxylation is 1. The number of anilines is 1. The standard InChI is InChI=1S/C18H17NO2S/c1-11-5-7-13(8-6-11)16-10-15-17(22-16)14(18(20)21-4)9-12(2)19(15)3/h5-10H,2H2,1,3-4H3. The molecule has 1 aliphatic rings. The zero-order valence-corrected chi connectivity index (χ0v) is 13.7. The molecule has 0 saturated heterocycles. The SMILES string of the molecule is C=C1C=C(C(=O)OC)c2sc(-c3ccc(C)cc3)cc2N1C. The number of hydrogen-bond donors (Lipinski definition) is 0. The van der Waals surface area contributed by atoms with Gasteiger partial charge in [-0.25, -0.2) is 4.79 Å². The van der Waals surface area contributed by atoms with Gasteiger partial charge in [0.2, 0.25) is 0 Å². The molecule has 1 aliphatic heterocycles. The summed E-state index contributed by atoms with van der Waals surface area (Å²) in [7, 11) is 3.36. The van der Waals surface area contributed by atoms with Gasteiger partial charge >= 0.3 is 5.97 Å². The Balaban J connectivity index is 2.12. The summed E-state index contributed by atoms with van der Waals surface area (Å²) in [6.07, 6.45) is 1.78. The number of thiophene rings is 1. The predicted molar refractivity (Wildman–Crippen MR) is 92.0 cm³/mol. The molecule has 4 heteroatoms. The molecule has 0 unspecified atom stereocenters. The van der Waals surface area contributed by atoms with Crippen LogP contribution in [0.5, 0.6) is 0 Å². The van der Waals surface area contributed by atoms with E-state index in [2.05, 4.69) is 43.8 Å². The number of benzene rings is 1. The normalized spacial score (nSPS) is 13.7. The minimum atomic E-state index is -0.326. The Hall–Kier alpha value is -2.33. The van der Waals surface area contributed by atoms with Crippen molar-refractivity contribution in [1.82, 2.24) is 0 Å². The summed E-state index contributed by atoms with van der Waals surface area (Å²) < 4.78 is 4.90. The van der Waals surface area contributed by atoms with Crippen molar-refractivity contribution >= 4 is 28.6 Å². The first-order chi connectivity index (χ1) is 10.5. The van der Waals surface area contributed by atoms with Crippen molar-refractivity contribution in [3.8, 4) is 10.4 Å². The molecule has 0 bridgehead atoms. The van der Waals surface area contributed by atoms with Gasteiger partial charge in [-0.15, -0.1) is 11.3 Å². The van der Waals surface area contributed by atoms with Gasteiger partial charge in [0.05, 0.1) is 23.2 Å². The van der Waals surface area contributed by atoms with E-state index >= 15 is 0 Å². The lowest BCUT2D eigenvalue weighted by molar-refractivity contribution is -0.133. The van der Waals surface area contributed by atoms with Gasteiger partial charge in [0, 0.05) is 17.6 Å². The predicted octanol–water partition coefficient (Wildman–Crippen LogP) is 4.24. The fourth-order valence-corrected chi connectivity index (χ4v) is 3.63. The third-order valence-electron chi connectivity index (χ3n) is 3.80. The third kappa shape index (κ3) is 2.35. The maximum Gasteiger partial charge on any atom is 0.339 e. The molecule has 0 fully saturated rings. The molecule has 0 amide bonds. The molecule has 22 heavy (non-hydrogen) atoms. The van der Waals surface area contributed by atoms with Crippen molar-refractivity contribution < 1.29 is 9.53 Å². The Morgan fingerprint density at radius 2 is 1.95 bits per heavy atom. The summed E-state index contributed by atoms with van der Waals surface area (Å²) in [4.78, 5) is 16.1. The lowest BCUT2D eigenvalue weighted by Gasteiger charge is -2.25. The topological polar surface area (TPSA) is 29.5 Å². The second kappa shape index (κ2) is 5.46. The molecular weight excluding hydrogens is 294 g/mol. The summed E-state index contributed by atoms with van der Waals surface area (Å²) in [6, 6.07) is 10.5. The van der Waals surface area contributed by atoms with Crippen LogP contribution >= 0.6 is 11.3 Å². The van der Waals surface area contributed by atoms with E-state index in [1.54, 1.807) is 17.4 Å². The van der Waals surface area contributed by atoms with Gasteiger partial charge in [-0.1, -0.05) is 36.4 Å². The Labute approximate surface area is 134 Å². The van der Waals surface area contributed by atoms with Crippen LogP contribution in [-0.4, -0.2) is 20.1 Å². The van der Waals surface area contributed by atoms with Crippen molar-refractivity contribution in [2.24, 2.45) is 0 Å². The maximum atomic E-state index is 12.0. The Morgan fingerprint density at radius 3 is 2.59 bits per heavy atom. The highest BCUT2D eigenvalue weighted by Crippen LogP contribution is 2.44. The molecule has 0 radical (unpaired) electrons. The first-order valence-corrected chi connectivity index (χ1v) is 7.77. The number of fused-ring (bicyclic) bond motifs is 1. The van der Waals surface area contributed by atoms with Crippen molar-refractivity contribution in [2.45, 2.75) is 6.92 Å². The number of ether oxygens (including phenoxy) is 1. The minimum Gasteiger partial charge on any atom is -0.465 e. The number of likely N-dealkylation sites (N-methyl/N-ethyl adjacent to an activating group) is 1. The number of allylic oxidation sites excluding steroid dienone is 1. The number of esters is 1. The number of hydrogen-bond acceptors (Lipinski definition) is 4. The third-order valence-corrected chi connectivity index (χ3v) is 5.01. The van der Waals surface area contributed by atoms with Gasteiger partial charge in [0.1, 0.15) is 0 Å². The lowest BCUT2D eigenvalue weighted by Crippen LogP contribution is -2.20. The summed E-state index contributed by atoms with van der Waals surface area (Å²) in [5.74, 6) is -0.326. The van der Waals surface area contributed by atoms with E-state index in [-0.39, 0.29) is 5.97 Å². The van der Waals surface area contributed by atoms with Crippen molar-refractivity contribution in [2.75, 3.05) is 19.1 Å². The van der Waals surface area contributed by atoms with Crippen LogP contribution in [0, 0.1) is 6.92 Å². The molecule has 0 saturated carbocycles. The van der Waals surface area contributed by atoms with E-state index in [1.165, 1.54) is 12.7 Å². The van der Waals surface area contributed by atoms with E-state index in [0.29, 0.717) is 5.57 Å². The first kappa shape index (κ1) is 14.6. The number of rotatable bonds is 2. The Kier molecular flexibility index (Phi) is 3.62. The molecule has 2 aromatic rings. The van der Waals surface area contributed by atoms with Crippen molar-refractivity contribution in [3.05, 3.63) is 59.1 Å². The lowest BCUT2D eigenvalue weighted by atomic mass is 10.1. The molecule has 112 valence electrons. The van der Waals surface area contributed by atoms with Crippen LogP contribution in [0.25, 0.3) is 16.0 Å². The molecule has 1 aromatic heterocycles. The monoisotopic (exact) mass is 311 g/mol. The fraction of sp³-hybridized carbons (Fsp3) is 0.167. The van der Waals surface area contributed by atoms with Gasteiger partial charge in [-0.05, 0) is 24.6 Å². The van der Waals surface area contributed by atoms with Crippen LogP contribution in [0.2, 0.25) is 0 Å². The Morgan fingerprint density at radius 1 is 1.27 bits per heavy atom. The second-order valence-corrected chi connectivity index (χ2v) is 6.34. The van der Waals surface area contributed by atoms with E-state index in [9.17, 15) is 4.79 Å². The molecule has 0 atom stereocenters. The summed E-state index contributed by atoms with van der Waals surface area (Å²) in [6.45, 7) is 6.07. The van der Waals surface area contributed by atoms with Crippen LogP contribution in [0.4, 0.5) is 5.69 Å². The van der Waals surface area contributed by atoms with E-state index < -0.39 is 0 Å². The van der Waals surface area contributed by atoms with Gasteiger partial charge in [0.15, 0.2) is 0 Å². The van der Waals surface area contributed by atoms with Crippen LogP contribution in [0.1, 0.15) is 10.4 Å². The zero-order valence-electron chi connectivity index (χ0n) is 12.8. The van der Waals surface area contributed by atoms with Crippen molar-refractivity contribution in [3.63, 3.8) is 0 Å². The van der Waals surface area contributed by atoms with Gasteiger partial charge in [-0.3, -0.25) is 0 Å². The quantitative estimate of drug-likeness (QED) is 0.777. The Bertz CT molecular complexity index is 784. The van der Waals surface area contributed by atoms with E-state index in [4.69, 9.17) is 4.74 Å². The average Bonchev–Trinajstić information content (AvgIpc) is 2.96. The number of carbonyl (C=O) groups excluding carboxylic acids is 1. The smallest absolute Gasteiger partial charge is 0.339 e. The highest BCUT2D eigenvalue weighted by Gasteiger charge is 2.27. The van der Waals surface area contributed by atoms with Crippen LogP contribution in [0.15, 0.2) is 48.7 Å². The van der Waals surface area contributed by atoms with Gasteiger partial charge < -0.3 is 9.64 Å². The highest BCUT2D eigenvalue weighted by atomic mass is 32.1. The number of nitrogens with zero attached hydrogens (tertiary/aromatic N) is 1. The van der Waals surface area contributed by atoms with Gasteiger partial charge in [-0.2, -0.15) is 0 Å². The molecule has 3 rings (SSSR count). The van der Waals surface area contributed by atoms with Crippen molar-refractivity contribution in [1.29, 1.82) is 0 Å². The maximum absolute atomic E-state index is 12.0. The molecule has 1 aromatic carbocycles. The highest BCUT2D eigenvalue weighted by molar-refractivity contribution is 7.17. The molecule has 0 aliphatic carbocycles. The molecule has 2 heterocycles. The van der Waals surface area contributed by atoms with E-state index in [0.717, 1.165) is 26.7 Å².